The molecule has 8 nitrogen and oxygen atoms in total. The average Bonchev–Trinajstić information content (AvgIpc) is 3.35. The molecule has 1 aliphatic heterocycles. The lowest BCUT2D eigenvalue weighted by molar-refractivity contribution is -0.119. The summed E-state index contributed by atoms with van der Waals surface area (Å²) in [6.45, 7) is 2.27. The van der Waals surface area contributed by atoms with Crippen LogP contribution in [0.5, 0.6) is 5.75 Å². The zero-order valence-corrected chi connectivity index (χ0v) is 20.1. The maximum absolute atomic E-state index is 12.5. The number of rotatable bonds is 7. The zero-order valence-electron chi connectivity index (χ0n) is 18.5. The molecule has 3 atom stereocenters. The van der Waals surface area contributed by atoms with Crippen molar-refractivity contribution in [3.63, 3.8) is 0 Å². The van der Waals surface area contributed by atoms with Crippen molar-refractivity contribution < 1.29 is 17.9 Å². The normalized spacial score (nSPS) is 24.9. The Morgan fingerprint density at radius 3 is 2.59 bits per heavy atom. The van der Waals surface area contributed by atoms with Crippen molar-refractivity contribution in [2.45, 2.75) is 56.3 Å². The van der Waals surface area contributed by atoms with E-state index in [0.29, 0.717) is 12.3 Å². The molecule has 4 rings (SSSR count). The van der Waals surface area contributed by atoms with Crippen LogP contribution >= 0.6 is 11.8 Å². The van der Waals surface area contributed by atoms with Crippen molar-refractivity contribution in [2.24, 2.45) is 5.92 Å². The highest BCUT2D eigenvalue weighted by Gasteiger charge is 2.31. The van der Waals surface area contributed by atoms with Gasteiger partial charge in [0.25, 0.3) is 0 Å². The third kappa shape index (κ3) is 5.28. The fourth-order valence-electron chi connectivity index (χ4n) is 4.60. The van der Waals surface area contributed by atoms with Crippen LogP contribution in [0.4, 0.5) is 0 Å². The van der Waals surface area contributed by atoms with Crippen LogP contribution in [-0.4, -0.2) is 59.5 Å². The van der Waals surface area contributed by atoms with Gasteiger partial charge in [-0.2, -0.15) is 0 Å². The summed E-state index contributed by atoms with van der Waals surface area (Å²) >= 11 is 1.36. The summed E-state index contributed by atoms with van der Waals surface area (Å²) in [5, 5.41) is 12.5. The highest BCUT2D eigenvalue weighted by molar-refractivity contribution is 7.99. The molecule has 0 radical (unpaired) electrons. The zero-order chi connectivity index (χ0) is 22.7. The molecule has 0 spiro atoms. The van der Waals surface area contributed by atoms with Crippen molar-refractivity contribution in [1.29, 1.82) is 0 Å². The first kappa shape index (κ1) is 23.1. The van der Waals surface area contributed by atoms with Crippen LogP contribution in [-0.2, 0) is 14.6 Å². The van der Waals surface area contributed by atoms with Crippen LogP contribution in [0.15, 0.2) is 29.4 Å². The molecular weight excluding hydrogens is 448 g/mol. The largest absolute Gasteiger partial charge is 0.497 e. The number of hydrogen-bond acceptors (Lipinski definition) is 7. The Morgan fingerprint density at radius 2 is 1.94 bits per heavy atom. The molecule has 32 heavy (non-hydrogen) atoms. The Hall–Kier alpha value is -2.07. The number of benzene rings is 1. The molecule has 0 unspecified atom stereocenters. The van der Waals surface area contributed by atoms with E-state index in [1.165, 1.54) is 18.2 Å². The summed E-state index contributed by atoms with van der Waals surface area (Å²) in [7, 11) is -1.38. The highest BCUT2D eigenvalue weighted by Crippen LogP contribution is 2.39. The lowest BCUT2D eigenvalue weighted by atomic mass is 9.85. The van der Waals surface area contributed by atoms with Gasteiger partial charge in [-0.05, 0) is 49.4 Å². The van der Waals surface area contributed by atoms with E-state index in [9.17, 15) is 13.2 Å². The number of thioether (sulfide) groups is 1. The standard InChI is InChI=1S/C22H30N4O4S2/c1-15-5-3-4-6-19(15)26-21(16-7-9-18(30-2)10-8-16)24-25-22(26)31-13-20(27)23-17-11-12-32(28,29)14-17/h7-10,15,17,19H,3-6,11-14H2,1-2H3,(H,23,27)/t15-,17+,19-/m0/s1. The molecule has 1 aliphatic carbocycles. The van der Waals surface area contributed by atoms with E-state index in [2.05, 4.69) is 27.0 Å². The van der Waals surface area contributed by atoms with E-state index in [0.717, 1.165) is 41.6 Å². The van der Waals surface area contributed by atoms with Crippen LogP contribution in [0, 0.1) is 5.92 Å². The summed E-state index contributed by atoms with van der Waals surface area (Å²) in [5.41, 5.74) is 0.962. The minimum absolute atomic E-state index is 0.0286. The van der Waals surface area contributed by atoms with Crippen LogP contribution in [0.1, 0.15) is 45.1 Å². The van der Waals surface area contributed by atoms with Gasteiger partial charge in [0.15, 0.2) is 20.8 Å². The van der Waals surface area contributed by atoms with Gasteiger partial charge in [-0.15, -0.1) is 10.2 Å². The molecule has 2 fully saturated rings. The maximum Gasteiger partial charge on any atom is 0.230 e. The smallest absolute Gasteiger partial charge is 0.230 e. The summed E-state index contributed by atoms with van der Waals surface area (Å²) in [4.78, 5) is 12.5. The molecule has 1 saturated heterocycles. The number of methoxy groups -OCH3 is 1. The fourth-order valence-corrected chi connectivity index (χ4v) is 7.08. The first-order chi connectivity index (χ1) is 15.4. The Balaban J connectivity index is 1.53. The molecule has 174 valence electrons. The summed E-state index contributed by atoms with van der Waals surface area (Å²) in [6.07, 6.45) is 5.09. The topological polar surface area (TPSA) is 103 Å². The van der Waals surface area contributed by atoms with Gasteiger partial charge in [0.2, 0.25) is 5.91 Å². The van der Waals surface area contributed by atoms with E-state index in [1.807, 2.05) is 24.3 Å². The quantitative estimate of drug-likeness (QED) is 0.610. The molecule has 1 aromatic heterocycles. The van der Waals surface area contributed by atoms with Crippen molar-refractivity contribution in [3.05, 3.63) is 24.3 Å². The van der Waals surface area contributed by atoms with Crippen molar-refractivity contribution in [2.75, 3.05) is 24.4 Å². The average molecular weight is 479 g/mol. The number of ether oxygens (including phenoxy) is 1. The summed E-state index contributed by atoms with van der Waals surface area (Å²) in [6, 6.07) is 7.77. The molecular formula is C22H30N4O4S2. The van der Waals surface area contributed by atoms with Gasteiger partial charge in [0.1, 0.15) is 5.75 Å². The van der Waals surface area contributed by atoms with Crippen LogP contribution < -0.4 is 10.1 Å². The number of nitrogens with one attached hydrogen (secondary N) is 1. The third-order valence-electron chi connectivity index (χ3n) is 6.34. The molecule has 1 N–H and O–H groups in total. The second-order valence-electron chi connectivity index (χ2n) is 8.69. The second kappa shape index (κ2) is 9.82. The predicted molar refractivity (Wildman–Crippen MR) is 125 cm³/mol. The second-order valence-corrected chi connectivity index (χ2v) is 11.9. The number of sulfone groups is 1. The molecule has 2 aliphatic rings. The number of aromatic nitrogens is 3. The SMILES string of the molecule is COc1ccc(-c2nnc(SCC(=O)N[C@@H]3CCS(=O)(=O)C3)n2[C@H]2CCCC[C@@H]2C)cc1. The van der Waals surface area contributed by atoms with Gasteiger partial charge in [0.05, 0.1) is 24.4 Å². The van der Waals surface area contributed by atoms with E-state index in [-0.39, 0.29) is 35.2 Å². The predicted octanol–water partition coefficient (Wildman–Crippen LogP) is 3.10. The summed E-state index contributed by atoms with van der Waals surface area (Å²) < 4.78 is 30.8. The lowest BCUT2D eigenvalue weighted by Crippen LogP contribution is -2.36. The van der Waals surface area contributed by atoms with Crippen molar-refractivity contribution >= 4 is 27.5 Å². The van der Waals surface area contributed by atoms with Gasteiger partial charge in [0, 0.05) is 17.6 Å². The fraction of sp³-hybridized carbons (Fsp3) is 0.591. The molecule has 1 aromatic carbocycles. The maximum atomic E-state index is 12.5. The van der Waals surface area contributed by atoms with Crippen molar-refractivity contribution in [1.82, 2.24) is 20.1 Å². The van der Waals surface area contributed by atoms with Crippen LogP contribution in [0.25, 0.3) is 11.4 Å². The van der Waals surface area contributed by atoms with Gasteiger partial charge >= 0.3 is 0 Å². The Labute approximate surface area is 193 Å². The summed E-state index contributed by atoms with van der Waals surface area (Å²) in [5.74, 6) is 2.26. The molecule has 1 saturated carbocycles. The number of nitrogens with zero attached hydrogens (tertiary/aromatic N) is 3. The van der Waals surface area contributed by atoms with Gasteiger partial charge in [-0.3, -0.25) is 9.36 Å². The van der Waals surface area contributed by atoms with E-state index >= 15 is 0 Å². The molecule has 2 heterocycles. The molecule has 1 amide bonds. The molecule has 0 bridgehead atoms. The van der Waals surface area contributed by atoms with E-state index in [1.54, 1.807) is 7.11 Å². The number of amides is 1. The first-order valence-electron chi connectivity index (χ1n) is 11.1. The third-order valence-corrected chi connectivity index (χ3v) is 9.05. The van der Waals surface area contributed by atoms with Gasteiger partial charge < -0.3 is 10.1 Å². The van der Waals surface area contributed by atoms with Crippen molar-refractivity contribution in [3.8, 4) is 17.1 Å². The van der Waals surface area contributed by atoms with E-state index in [4.69, 9.17) is 4.74 Å². The number of carbonyl (C=O) groups is 1. The van der Waals surface area contributed by atoms with Crippen LogP contribution in [0.2, 0.25) is 0 Å². The first-order valence-corrected chi connectivity index (χ1v) is 13.9. The Morgan fingerprint density at radius 1 is 1.19 bits per heavy atom. The molecule has 10 heteroatoms. The minimum atomic E-state index is -3.02. The lowest BCUT2D eigenvalue weighted by Gasteiger charge is -2.31. The monoisotopic (exact) mass is 478 g/mol. The number of hydrogen-bond donors (Lipinski definition) is 1. The van der Waals surface area contributed by atoms with E-state index < -0.39 is 9.84 Å². The minimum Gasteiger partial charge on any atom is -0.497 e. The van der Waals surface area contributed by atoms with Gasteiger partial charge in [-0.25, -0.2) is 8.42 Å². The molecule has 2 aromatic rings. The highest BCUT2D eigenvalue weighted by atomic mass is 32.2. The van der Waals surface area contributed by atoms with Crippen LogP contribution in [0.3, 0.4) is 0 Å². The Kier molecular flexibility index (Phi) is 7.09. The number of carbonyl (C=O) groups excluding carboxylic acids is 1. The Bertz CT molecular complexity index is 1050. The van der Waals surface area contributed by atoms with Gasteiger partial charge in [-0.1, -0.05) is 31.5 Å².